The minimum atomic E-state index is -0.0167. The van der Waals surface area contributed by atoms with Crippen molar-refractivity contribution in [3.63, 3.8) is 0 Å². The lowest BCUT2D eigenvalue weighted by atomic mass is 10.1. The highest BCUT2D eigenvalue weighted by Gasteiger charge is 2.34. The van der Waals surface area contributed by atoms with E-state index in [1.165, 1.54) is 12.8 Å². The maximum absolute atomic E-state index is 12.2. The molecule has 130 valence electrons. The molecule has 1 saturated carbocycles. The average molecular weight is 330 g/mol. The summed E-state index contributed by atoms with van der Waals surface area (Å²) in [7, 11) is 0. The number of Topliss-reactive ketones (excluding diaryl/α,β-unsaturated/α-hetero) is 1. The van der Waals surface area contributed by atoms with E-state index in [1.54, 1.807) is 24.3 Å². The maximum atomic E-state index is 12.2. The molecule has 1 aliphatic heterocycles. The fraction of sp³-hybridized carbons (Fsp3) is 0.579. The van der Waals surface area contributed by atoms with E-state index in [0.29, 0.717) is 12.2 Å². The van der Waals surface area contributed by atoms with Crippen LogP contribution in [0.5, 0.6) is 5.75 Å². The highest BCUT2D eigenvalue weighted by molar-refractivity contribution is 5.98. The summed E-state index contributed by atoms with van der Waals surface area (Å²) < 4.78 is 5.36. The Morgan fingerprint density at radius 2 is 1.92 bits per heavy atom. The number of ketones is 1. The second-order valence-electron chi connectivity index (χ2n) is 6.66. The first-order valence-electron chi connectivity index (χ1n) is 8.95. The molecule has 1 amide bonds. The highest BCUT2D eigenvalue weighted by atomic mass is 16.5. The number of carbonyl (C=O) groups is 2. The molecule has 1 heterocycles. The van der Waals surface area contributed by atoms with Crippen molar-refractivity contribution in [1.29, 1.82) is 0 Å². The molecule has 2 aliphatic rings. The zero-order valence-corrected chi connectivity index (χ0v) is 14.3. The van der Waals surface area contributed by atoms with Crippen molar-refractivity contribution in [1.82, 2.24) is 10.2 Å². The number of ether oxygens (including phenoxy) is 1. The van der Waals surface area contributed by atoms with Gasteiger partial charge in [-0.15, -0.1) is 0 Å². The Bertz CT molecular complexity index is 581. The third kappa shape index (κ3) is 4.57. The summed E-state index contributed by atoms with van der Waals surface area (Å²) in [5.41, 5.74) is 0.632. The molecule has 1 N–H and O–H groups in total. The SMILES string of the molecule is CCOc1ccc(C(=O)CCC(=O)N[C@@H]2CCN(C3CC3)C2)cc1. The minimum Gasteiger partial charge on any atom is -0.494 e. The van der Waals surface area contributed by atoms with Gasteiger partial charge in [-0.1, -0.05) is 0 Å². The number of amides is 1. The van der Waals surface area contributed by atoms with Gasteiger partial charge in [0, 0.05) is 43.6 Å². The molecule has 1 saturated heterocycles. The molecule has 5 nitrogen and oxygen atoms in total. The molecular weight excluding hydrogens is 304 g/mol. The quantitative estimate of drug-likeness (QED) is 0.744. The number of carbonyl (C=O) groups excluding carboxylic acids is 2. The zero-order chi connectivity index (χ0) is 16.9. The number of likely N-dealkylation sites (tertiary alicyclic amines) is 1. The van der Waals surface area contributed by atoms with Crippen LogP contribution in [-0.2, 0) is 4.79 Å². The van der Waals surface area contributed by atoms with E-state index < -0.39 is 0 Å². The van der Waals surface area contributed by atoms with Gasteiger partial charge in [-0.25, -0.2) is 0 Å². The fourth-order valence-electron chi connectivity index (χ4n) is 3.25. The number of nitrogens with one attached hydrogen (secondary N) is 1. The lowest BCUT2D eigenvalue weighted by Gasteiger charge is -2.15. The molecule has 24 heavy (non-hydrogen) atoms. The highest BCUT2D eigenvalue weighted by Crippen LogP contribution is 2.29. The monoisotopic (exact) mass is 330 g/mol. The summed E-state index contributed by atoms with van der Waals surface area (Å²) >= 11 is 0. The lowest BCUT2D eigenvalue weighted by molar-refractivity contribution is -0.121. The second-order valence-corrected chi connectivity index (χ2v) is 6.66. The molecule has 0 bridgehead atoms. The van der Waals surface area contributed by atoms with Crippen molar-refractivity contribution in [2.75, 3.05) is 19.7 Å². The van der Waals surface area contributed by atoms with Crippen LogP contribution in [0, 0.1) is 0 Å². The predicted molar refractivity (Wildman–Crippen MR) is 92.3 cm³/mol. The molecule has 0 aromatic heterocycles. The molecule has 1 atom stereocenters. The van der Waals surface area contributed by atoms with Gasteiger partial charge in [0.2, 0.25) is 5.91 Å². The van der Waals surface area contributed by atoms with Gasteiger partial charge in [0.15, 0.2) is 5.78 Å². The Labute approximate surface area is 143 Å². The molecule has 1 aromatic rings. The second kappa shape index (κ2) is 7.79. The van der Waals surface area contributed by atoms with Crippen molar-refractivity contribution < 1.29 is 14.3 Å². The van der Waals surface area contributed by atoms with Gasteiger partial charge < -0.3 is 10.1 Å². The summed E-state index contributed by atoms with van der Waals surface area (Å²) in [6.07, 6.45) is 4.13. The first kappa shape index (κ1) is 17.0. The summed E-state index contributed by atoms with van der Waals surface area (Å²) in [6, 6.07) is 8.11. The van der Waals surface area contributed by atoms with Crippen molar-refractivity contribution in [3.05, 3.63) is 29.8 Å². The van der Waals surface area contributed by atoms with Gasteiger partial charge >= 0.3 is 0 Å². The molecule has 0 unspecified atom stereocenters. The molecule has 5 heteroatoms. The summed E-state index contributed by atoms with van der Waals surface area (Å²) in [4.78, 5) is 26.7. The third-order valence-electron chi connectivity index (χ3n) is 4.71. The van der Waals surface area contributed by atoms with Crippen LogP contribution in [0.2, 0.25) is 0 Å². The standard InChI is InChI=1S/C19H26N2O3/c1-2-24-17-7-3-14(4-8-17)18(22)9-10-19(23)20-15-11-12-21(13-15)16-5-6-16/h3-4,7-8,15-16H,2,5-6,9-13H2,1H3,(H,20,23)/t15-/m1/s1. The van der Waals surface area contributed by atoms with Gasteiger partial charge in [0.05, 0.1) is 6.61 Å². The molecule has 0 spiro atoms. The van der Waals surface area contributed by atoms with Gasteiger partial charge in [-0.05, 0) is 50.5 Å². The molecule has 2 fully saturated rings. The normalized spacial score (nSPS) is 20.8. The van der Waals surface area contributed by atoms with E-state index in [9.17, 15) is 9.59 Å². The molecular formula is C19H26N2O3. The van der Waals surface area contributed by atoms with Crippen molar-refractivity contribution in [3.8, 4) is 5.75 Å². The summed E-state index contributed by atoms with van der Waals surface area (Å²) in [5.74, 6) is 0.740. The van der Waals surface area contributed by atoms with E-state index in [-0.39, 0.29) is 30.6 Å². The predicted octanol–water partition coefficient (Wildman–Crippen LogP) is 2.40. The average Bonchev–Trinajstić information content (AvgIpc) is 3.34. The van der Waals surface area contributed by atoms with E-state index in [1.807, 2.05) is 6.92 Å². The summed E-state index contributed by atoms with van der Waals surface area (Å²) in [6.45, 7) is 4.57. The van der Waals surface area contributed by atoms with Crippen LogP contribution in [0.15, 0.2) is 24.3 Å². The number of nitrogens with zero attached hydrogens (tertiary/aromatic N) is 1. The van der Waals surface area contributed by atoms with E-state index >= 15 is 0 Å². The Hall–Kier alpha value is -1.88. The number of hydrogen-bond acceptors (Lipinski definition) is 4. The molecule has 1 aromatic carbocycles. The molecule has 3 rings (SSSR count). The van der Waals surface area contributed by atoms with Crippen LogP contribution in [0.4, 0.5) is 0 Å². The smallest absolute Gasteiger partial charge is 0.220 e. The largest absolute Gasteiger partial charge is 0.494 e. The topological polar surface area (TPSA) is 58.6 Å². The first-order chi connectivity index (χ1) is 11.7. The van der Waals surface area contributed by atoms with Crippen LogP contribution in [0.1, 0.15) is 49.4 Å². The van der Waals surface area contributed by atoms with Crippen LogP contribution < -0.4 is 10.1 Å². The Balaban J connectivity index is 1.39. The van der Waals surface area contributed by atoms with Gasteiger partial charge in [0.1, 0.15) is 5.75 Å². The van der Waals surface area contributed by atoms with Crippen LogP contribution in [-0.4, -0.2) is 48.4 Å². The van der Waals surface area contributed by atoms with E-state index in [0.717, 1.165) is 31.3 Å². The molecule has 0 radical (unpaired) electrons. The third-order valence-corrected chi connectivity index (χ3v) is 4.71. The van der Waals surface area contributed by atoms with Gasteiger partial charge in [-0.3, -0.25) is 14.5 Å². The Morgan fingerprint density at radius 1 is 1.17 bits per heavy atom. The zero-order valence-electron chi connectivity index (χ0n) is 14.3. The summed E-state index contributed by atoms with van der Waals surface area (Å²) in [5, 5.41) is 3.07. The fourth-order valence-corrected chi connectivity index (χ4v) is 3.25. The van der Waals surface area contributed by atoms with Crippen molar-refractivity contribution in [2.45, 2.75) is 51.1 Å². The number of benzene rings is 1. The minimum absolute atomic E-state index is 0.000715. The Kier molecular flexibility index (Phi) is 5.51. The first-order valence-corrected chi connectivity index (χ1v) is 8.95. The van der Waals surface area contributed by atoms with Crippen molar-refractivity contribution in [2.24, 2.45) is 0 Å². The lowest BCUT2D eigenvalue weighted by Crippen LogP contribution is -2.37. The molecule has 1 aliphatic carbocycles. The number of rotatable bonds is 8. The Morgan fingerprint density at radius 3 is 2.58 bits per heavy atom. The van der Waals surface area contributed by atoms with Crippen LogP contribution in [0.3, 0.4) is 0 Å². The maximum Gasteiger partial charge on any atom is 0.220 e. The van der Waals surface area contributed by atoms with Crippen molar-refractivity contribution >= 4 is 11.7 Å². The van der Waals surface area contributed by atoms with E-state index in [4.69, 9.17) is 4.74 Å². The van der Waals surface area contributed by atoms with Gasteiger partial charge in [0.25, 0.3) is 0 Å². The number of hydrogen-bond donors (Lipinski definition) is 1. The van der Waals surface area contributed by atoms with Crippen LogP contribution in [0.25, 0.3) is 0 Å². The van der Waals surface area contributed by atoms with Crippen LogP contribution >= 0.6 is 0 Å². The van der Waals surface area contributed by atoms with E-state index in [2.05, 4.69) is 10.2 Å². The van der Waals surface area contributed by atoms with Gasteiger partial charge in [-0.2, -0.15) is 0 Å².